The molecule has 3 unspecified atom stereocenters. The first kappa shape index (κ1) is 12.9. The molecule has 1 aromatic rings. The molecule has 3 atom stereocenters. The third kappa shape index (κ3) is 2.10. The molecule has 3 rings (SSSR count). The van der Waals surface area contributed by atoms with Gasteiger partial charge in [-0.15, -0.1) is 11.3 Å². The first-order chi connectivity index (χ1) is 8.63. The maximum Gasteiger partial charge on any atom is 0.106 e. The standard InChI is InChI=1S/C13H18ClNO2S/c1-8-5-13(6-10(7-16)15-8)12-9(2-3-17-13)4-11(14)18-12/h4,8,10,15-16H,2-3,5-7H2,1H3. The van der Waals surface area contributed by atoms with Crippen molar-refractivity contribution in [2.24, 2.45) is 0 Å². The summed E-state index contributed by atoms with van der Waals surface area (Å²) in [5.74, 6) is 0. The topological polar surface area (TPSA) is 41.5 Å². The summed E-state index contributed by atoms with van der Waals surface area (Å²) in [6.07, 6.45) is 2.73. The first-order valence-corrected chi connectivity index (χ1v) is 7.62. The number of hydrogen-bond donors (Lipinski definition) is 2. The highest BCUT2D eigenvalue weighted by Gasteiger charge is 2.45. The largest absolute Gasteiger partial charge is 0.395 e. The molecule has 0 aromatic carbocycles. The lowest BCUT2D eigenvalue weighted by Crippen LogP contribution is -2.54. The molecule has 3 nitrogen and oxygen atoms in total. The molecule has 2 aliphatic heterocycles. The third-order valence-corrected chi connectivity index (χ3v) is 5.39. The van der Waals surface area contributed by atoms with Crippen LogP contribution >= 0.6 is 22.9 Å². The van der Waals surface area contributed by atoms with Crippen molar-refractivity contribution in [3.63, 3.8) is 0 Å². The number of aliphatic hydroxyl groups excluding tert-OH is 1. The normalized spacial score (nSPS) is 35.7. The molecule has 0 amide bonds. The molecule has 18 heavy (non-hydrogen) atoms. The molecule has 1 spiro atoms. The molecule has 0 aliphatic carbocycles. The molecule has 0 radical (unpaired) electrons. The van der Waals surface area contributed by atoms with Gasteiger partial charge in [0.25, 0.3) is 0 Å². The van der Waals surface area contributed by atoms with Crippen LogP contribution in [0.3, 0.4) is 0 Å². The maximum absolute atomic E-state index is 9.44. The van der Waals surface area contributed by atoms with Crippen molar-refractivity contribution in [3.8, 4) is 0 Å². The van der Waals surface area contributed by atoms with Gasteiger partial charge in [0.05, 0.1) is 17.6 Å². The molecule has 1 fully saturated rings. The Labute approximate surface area is 116 Å². The lowest BCUT2D eigenvalue weighted by Gasteiger charge is -2.45. The molecule has 0 saturated carbocycles. The number of halogens is 1. The van der Waals surface area contributed by atoms with Gasteiger partial charge in [0, 0.05) is 17.0 Å². The van der Waals surface area contributed by atoms with E-state index in [0.29, 0.717) is 6.04 Å². The van der Waals surface area contributed by atoms with E-state index in [9.17, 15) is 5.11 Å². The monoisotopic (exact) mass is 287 g/mol. The van der Waals surface area contributed by atoms with Crippen LogP contribution in [0.2, 0.25) is 4.34 Å². The molecular weight excluding hydrogens is 270 g/mol. The van der Waals surface area contributed by atoms with Crippen LogP contribution in [0, 0.1) is 0 Å². The van der Waals surface area contributed by atoms with Crippen LogP contribution in [0.25, 0.3) is 0 Å². The first-order valence-electron chi connectivity index (χ1n) is 6.42. The van der Waals surface area contributed by atoms with Gasteiger partial charge in [-0.3, -0.25) is 0 Å². The van der Waals surface area contributed by atoms with Crippen molar-refractivity contribution < 1.29 is 9.84 Å². The van der Waals surface area contributed by atoms with E-state index in [2.05, 4.69) is 18.3 Å². The second kappa shape index (κ2) is 4.76. The highest BCUT2D eigenvalue weighted by Crippen LogP contribution is 2.47. The van der Waals surface area contributed by atoms with Gasteiger partial charge in [-0.2, -0.15) is 0 Å². The lowest BCUT2D eigenvalue weighted by atomic mass is 9.80. The van der Waals surface area contributed by atoms with Crippen LogP contribution in [-0.4, -0.2) is 30.4 Å². The zero-order valence-electron chi connectivity index (χ0n) is 10.4. The summed E-state index contributed by atoms with van der Waals surface area (Å²) in [4.78, 5) is 1.28. The summed E-state index contributed by atoms with van der Waals surface area (Å²) in [5, 5.41) is 12.9. The van der Waals surface area contributed by atoms with Crippen molar-refractivity contribution in [1.29, 1.82) is 0 Å². The van der Waals surface area contributed by atoms with Crippen LogP contribution in [0.4, 0.5) is 0 Å². The van der Waals surface area contributed by atoms with E-state index in [4.69, 9.17) is 16.3 Å². The van der Waals surface area contributed by atoms with E-state index in [0.717, 1.165) is 30.2 Å². The van der Waals surface area contributed by atoms with Crippen molar-refractivity contribution in [2.75, 3.05) is 13.2 Å². The molecule has 3 heterocycles. The van der Waals surface area contributed by atoms with Crippen LogP contribution in [-0.2, 0) is 16.8 Å². The summed E-state index contributed by atoms with van der Waals surface area (Å²) in [6, 6.07) is 2.54. The van der Waals surface area contributed by atoms with Gasteiger partial charge in [-0.1, -0.05) is 11.6 Å². The summed E-state index contributed by atoms with van der Waals surface area (Å²) in [5.41, 5.74) is 1.10. The van der Waals surface area contributed by atoms with E-state index >= 15 is 0 Å². The molecule has 1 saturated heterocycles. The van der Waals surface area contributed by atoms with E-state index in [1.807, 2.05) is 0 Å². The van der Waals surface area contributed by atoms with Gasteiger partial charge >= 0.3 is 0 Å². The number of aliphatic hydroxyl groups is 1. The zero-order valence-corrected chi connectivity index (χ0v) is 12.0. The SMILES string of the molecule is CC1CC2(CC(CO)N1)OCCc1cc(Cl)sc12. The van der Waals surface area contributed by atoms with Crippen molar-refractivity contribution >= 4 is 22.9 Å². The zero-order chi connectivity index (χ0) is 12.8. The number of ether oxygens (including phenoxy) is 1. The second-order valence-corrected chi connectivity index (χ2v) is 7.04. The molecule has 1 aromatic heterocycles. The van der Waals surface area contributed by atoms with Gasteiger partial charge < -0.3 is 15.2 Å². The Hall–Kier alpha value is -0.130. The molecule has 2 N–H and O–H groups in total. The van der Waals surface area contributed by atoms with Crippen LogP contribution in [0.15, 0.2) is 6.07 Å². The molecule has 2 aliphatic rings. The number of fused-ring (bicyclic) bond motifs is 2. The van der Waals surface area contributed by atoms with Crippen molar-refractivity contribution in [1.82, 2.24) is 5.32 Å². The Bertz CT molecular complexity index is 450. The van der Waals surface area contributed by atoms with Crippen molar-refractivity contribution in [2.45, 2.75) is 43.9 Å². The fourth-order valence-corrected chi connectivity index (χ4v) is 4.77. The summed E-state index contributed by atoms with van der Waals surface area (Å²) >= 11 is 7.80. The smallest absolute Gasteiger partial charge is 0.106 e. The Balaban J connectivity index is 1.99. The van der Waals surface area contributed by atoms with Crippen LogP contribution in [0.5, 0.6) is 0 Å². The number of nitrogens with one attached hydrogen (secondary N) is 1. The summed E-state index contributed by atoms with van der Waals surface area (Å²) < 4.78 is 6.99. The Morgan fingerprint density at radius 3 is 3.22 bits per heavy atom. The predicted octanol–water partition coefficient (Wildman–Crippen LogP) is 2.30. The van der Waals surface area contributed by atoms with Gasteiger partial charge in [-0.05, 0) is 37.8 Å². The van der Waals surface area contributed by atoms with Gasteiger partial charge in [0.15, 0.2) is 0 Å². The second-order valence-electron chi connectivity index (χ2n) is 5.35. The number of thiophene rings is 1. The minimum Gasteiger partial charge on any atom is -0.395 e. The Morgan fingerprint density at radius 2 is 2.44 bits per heavy atom. The highest BCUT2D eigenvalue weighted by atomic mass is 35.5. The van der Waals surface area contributed by atoms with Crippen LogP contribution in [0.1, 0.15) is 30.2 Å². The summed E-state index contributed by atoms with van der Waals surface area (Å²) in [7, 11) is 0. The molecule has 0 bridgehead atoms. The van der Waals surface area contributed by atoms with Gasteiger partial charge in [0.1, 0.15) is 5.60 Å². The van der Waals surface area contributed by atoms with E-state index in [-0.39, 0.29) is 18.2 Å². The molecule has 100 valence electrons. The number of piperidine rings is 1. The minimum atomic E-state index is -0.233. The highest BCUT2D eigenvalue weighted by molar-refractivity contribution is 7.16. The lowest BCUT2D eigenvalue weighted by molar-refractivity contribution is -0.0986. The van der Waals surface area contributed by atoms with Crippen LogP contribution < -0.4 is 5.32 Å². The third-order valence-electron chi connectivity index (χ3n) is 3.90. The Kier molecular flexibility index (Phi) is 3.41. The fraction of sp³-hybridized carbons (Fsp3) is 0.692. The molecule has 5 heteroatoms. The Morgan fingerprint density at radius 1 is 1.61 bits per heavy atom. The molecular formula is C13H18ClNO2S. The van der Waals surface area contributed by atoms with Crippen molar-refractivity contribution in [3.05, 3.63) is 20.8 Å². The number of rotatable bonds is 1. The maximum atomic E-state index is 9.44. The van der Waals surface area contributed by atoms with Gasteiger partial charge in [-0.25, -0.2) is 0 Å². The van der Waals surface area contributed by atoms with E-state index < -0.39 is 0 Å². The van der Waals surface area contributed by atoms with Gasteiger partial charge in [0.2, 0.25) is 0 Å². The fourth-order valence-electron chi connectivity index (χ4n) is 3.30. The quantitative estimate of drug-likeness (QED) is 0.833. The minimum absolute atomic E-state index is 0.112. The predicted molar refractivity (Wildman–Crippen MR) is 73.4 cm³/mol. The average molecular weight is 288 g/mol. The summed E-state index contributed by atoms with van der Waals surface area (Å²) in [6.45, 7) is 3.06. The average Bonchev–Trinajstić information content (AvgIpc) is 2.71. The van der Waals surface area contributed by atoms with E-state index in [1.165, 1.54) is 10.4 Å². The van der Waals surface area contributed by atoms with E-state index in [1.54, 1.807) is 11.3 Å². The number of hydrogen-bond acceptors (Lipinski definition) is 4.